The molecular weight excluding hydrogens is 285 g/mol. The van der Waals surface area contributed by atoms with Crippen LogP contribution in [0, 0.1) is 23.6 Å². The van der Waals surface area contributed by atoms with Gasteiger partial charge in [-0.3, -0.25) is 9.59 Å². The van der Waals surface area contributed by atoms with E-state index in [0.717, 1.165) is 12.3 Å². The van der Waals surface area contributed by atoms with E-state index in [1.165, 1.54) is 31.4 Å². The molecule has 2 aliphatic carbocycles. The minimum atomic E-state index is -0.522. The van der Waals surface area contributed by atoms with E-state index in [-0.39, 0.29) is 18.3 Å². The molecule has 3 atom stereocenters. The highest BCUT2D eigenvalue weighted by atomic mass is 19.1. The summed E-state index contributed by atoms with van der Waals surface area (Å²) in [6.07, 6.45) is 5.26. The zero-order chi connectivity index (χ0) is 15.5. The Morgan fingerprint density at radius 3 is 2.73 bits per heavy atom. The van der Waals surface area contributed by atoms with Crippen molar-refractivity contribution >= 4 is 17.6 Å². The van der Waals surface area contributed by atoms with E-state index in [1.54, 1.807) is 12.1 Å². The maximum atomic E-state index is 13.4. The van der Waals surface area contributed by atoms with Gasteiger partial charge in [0.05, 0.1) is 5.69 Å². The number of para-hydroxylation sites is 1. The number of amides is 1. The van der Waals surface area contributed by atoms with Crippen LogP contribution >= 0.6 is 0 Å². The summed E-state index contributed by atoms with van der Waals surface area (Å²) < 4.78 is 18.4. The van der Waals surface area contributed by atoms with Gasteiger partial charge in [0.1, 0.15) is 5.82 Å². The lowest BCUT2D eigenvalue weighted by Crippen LogP contribution is -2.23. The van der Waals surface area contributed by atoms with E-state index in [9.17, 15) is 14.0 Å². The molecule has 4 nitrogen and oxygen atoms in total. The lowest BCUT2D eigenvalue weighted by atomic mass is 9.86. The molecular formula is C17H20FNO3. The van der Waals surface area contributed by atoms with Crippen molar-refractivity contribution in [1.29, 1.82) is 0 Å². The molecule has 1 N–H and O–H groups in total. The van der Waals surface area contributed by atoms with Crippen LogP contribution in [0.15, 0.2) is 24.3 Å². The first-order valence-electron chi connectivity index (χ1n) is 7.82. The van der Waals surface area contributed by atoms with Crippen molar-refractivity contribution in [3.63, 3.8) is 0 Å². The van der Waals surface area contributed by atoms with Gasteiger partial charge in [0.2, 0.25) is 0 Å². The molecule has 5 heteroatoms. The molecule has 3 rings (SSSR count). The summed E-state index contributed by atoms with van der Waals surface area (Å²) in [6.45, 7) is -0.367. The quantitative estimate of drug-likeness (QED) is 0.850. The maximum Gasteiger partial charge on any atom is 0.306 e. The topological polar surface area (TPSA) is 55.4 Å². The summed E-state index contributed by atoms with van der Waals surface area (Å²) in [6, 6.07) is 5.89. The summed E-state index contributed by atoms with van der Waals surface area (Å²) in [5.41, 5.74) is 0.0941. The van der Waals surface area contributed by atoms with Gasteiger partial charge in [0.15, 0.2) is 6.61 Å². The van der Waals surface area contributed by atoms with Gasteiger partial charge < -0.3 is 10.1 Å². The number of hydrogen-bond donors (Lipinski definition) is 1. The Kier molecular flexibility index (Phi) is 4.41. The number of rotatable bonds is 5. The third kappa shape index (κ3) is 3.46. The average molecular weight is 305 g/mol. The van der Waals surface area contributed by atoms with Gasteiger partial charge in [0, 0.05) is 6.42 Å². The van der Waals surface area contributed by atoms with Crippen LogP contribution in [0.2, 0.25) is 0 Å². The Morgan fingerprint density at radius 2 is 2.05 bits per heavy atom. The number of carbonyl (C=O) groups is 2. The molecule has 2 bridgehead atoms. The molecule has 2 saturated carbocycles. The van der Waals surface area contributed by atoms with Crippen LogP contribution in [-0.2, 0) is 14.3 Å². The van der Waals surface area contributed by atoms with Gasteiger partial charge in [-0.05, 0) is 49.1 Å². The maximum absolute atomic E-state index is 13.4. The summed E-state index contributed by atoms with van der Waals surface area (Å²) in [5.74, 6) is 0.495. The van der Waals surface area contributed by atoms with Gasteiger partial charge >= 0.3 is 5.97 Å². The van der Waals surface area contributed by atoms with E-state index in [0.29, 0.717) is 18.3 Å². The molecule has 0 unspecified atom stereocenters. The Morgan fingerprint density at radius 1 is 1.23 bits per heavy atom. The van der Waals surface area contributed by atoms with E-state index < -0.39 is 11.7 Å². The minimum Gasteiger partial charge on any atom is -0.456 e. The average Bonchev–Trinajstić information content (AvgIpc) is 3.10. The third-order valence-electron chi connectivity index (χ3n) is 4.83. The molecule has 118 valence electrons. The number of ether oxygens (including phenoxy) is 1. The fourth-order valence-electron chi connectivity index (χ4n) is 3.79. The highest BCUT2D eigenvalue weighted by Gasteiger charge is 2.40. The molecule has 0 spiro atoms. The number of nitrogens with one attached hydrogen (secondary N) is 1. The van der Waals surface area contributed by atoms with Crippen molar-refractivity contribution in [2.75, 3.05) is 11.9 Å². The third-order valence-corrected chi connectivity index (χ3v) is 4.83. The number of hydrogen-bond acceptors (Lipinski definition) is 3. The summed E-state index contributed by atoms with van der Waals surface area (Å²) in [7, 11) is 0. The predicted molar refractivity (Wildman–Crippen MR) is 79.5 cm³/mol. The van der Waals surface area contributed by atoms with Crippen LogP contribution in [0.1, 0.15) is 32.1 Å². The zero-order valence-electron chi connectivity index (χ0n) is 12.4. The normalized spacial score (nSPS) is 26.0. The van der Waals surface area contributed by atoms with Crippen LogP contribution in [-0.4, -0.2) is 18.5 Å². The molecule has 0 aromatic heterocycles. The Balaban J connectivity index is 1.41. The van der Waals surface area contributed by atoms with Crippen LogP contribution in [0.5, 0.6) is 0 Å². The van der Waals surface area contributed by atoms with Crippen molar-refractivity contribution in [2.45, 2.75) is 32.1 Å². The van der Waals surface area contributed by atoms with Crippen molar-refractivity contribution in [3.05, 3.63) is 30.1 Å². The summed E-state index contributed by atoms with van der Waals surface area (Å²) in [5, 5.41) is 2.40. The lowest BCUT2D eigenvalue weighted by molar-refractivity contribution is -0.148. The van der Waals surface area contributed by atoms with Crippen molar-refractivity contribution in [2.24, 2.45) is 17.8 Å². The molecule has 0 radical (unpaired) electrons. The minimum absolute atomic E-state index is 0.0941. The molecule has 22 heavy (non-hydrogen) atoms. The van der Waals surface area contributed by atoms with Crippen LogP contribution in [0.4, 0.5) is 10.1 Å². The highest BCUT2D eigenvalue weighted by Crippen LogP contribution is 2.49. The van der Waals surface area contributed by atoms with Crippen LogP contribution < -0.4 is 5.32 Å². The van der Waals surface area contributed by atoms with Gasteiger partial charge in [0.25, 0.3) is 5.91 Å². The first-order chi connectivity index (χ1) is 10.6. The molecule has 0 heterocycles. The lowest BCUT2D eigenvalue weighted by Gasteiger charge is -2.20. The van der Waals surface area contributed by atoms with Crippen LogP contribution in [0.25, 0.3) is 0 Å². The molecule has 0 saturated heterocycles. The second kappa shape index (κ2) is 6.46. The Labute approximate surface area is 129 Å². The molecule has 1 aromatic carbocycles. The number of halogens is 1. The van der Waals surface area contributed by atoms with Crippen molar-refractivity contribution in [1.82, 2.24) is 0 Å². The van der Waals surface area contributed by atoms with Gasteiger partial charge in [-0.1, -0.05) is 18.6 Å². The highest BCUT2D eigenvalue weighted by molar-refractivity contribution is 5.92. The first kappa shape index (κ1) is 15.0. The number of carbonyl (C=O) groups excluding carboxylic acids is 2. The molecule has 1 aromatic rings. The van der Waals surface area contributed by atoms with Crippen molar-refractivity contribution < 1.29 is 18.7 Å². The standard InChI is InChI=1S/C17H20FNO3/c18-14-3-1-2-4-15(14)19-16(20)10-22-17(21)9-13-8-11-5-6-12(13)7-11/h1-4,11-13H,5-10H2,(H,19,20)/t11-,12-,13-/m1/s1. The second-order valence-corrected chi connectivity index (χ2v) is 6.33. The fourth-order valence-corrected chi connectivity index (χ4v) is 3.79. The van der Waals surface area contributed by atoms with E-state index in [2.05, 4.69) is 5.32 Å². The van der Waals surface area contributed by atoms with E-state index in [4.69, 9.17) is 4.74 Å². The van der Waals surface area contributed by atoms with Crippen molar-refractivity contribution in [3.8, 4) is 0 Å². The number of fused-ring (bicyclic) bond motifs is 2. The second-order valence-electron chi connectivity index (χ2n) is 6.33. The number of benzene rings is 1. The predicted octanol–water partition coefficient (Wildman–Crippen LogP) is 3.13. The number of anilines is 1. The largest absolute Gasteiger partial charge is 0.456 e. The monoisotopic (exact) mass is 305 g/mol. The van der Waals surface area contributed by atoms with Gasteiger partial charge in [-0.2, -0.15) is 0 Å². The first-order valence-corrected chi connectivity index (χ1v) is 7.82. The Hall–Kier alpha value is -1.91. The molecule has 2 aliphatic rings. The zero-order valence-corrected chi connectivity index (χ0v) is 12.4. The fraction of sp³-hybridized carbons (Fsp3) is 0.529. The van der Waals surface area contributed by atoms with Crippen LogP contribution in [0.3, 0.4) is 0 Å². The molecule has 2 fully saturated rings. The summed E-state index contributed by atoms with van der Waals surface area (Å²) >= 11 is 0. The molecule has 1 amide bonds. The van der Waals surface area contributed by atoms with Gasteiger partial charge in [-0.25, -0.2) is 4.39 Å². The van der Waals surface area contributed by atoms with Gasteiger partial charge in [-0.15, -0.1) is 0 Å². The van der Waals surface area contributed by atoms with E-state index >= 15 is 0 Å². The summed E-state index contributed by atoms with van der Waals surface area (Å²) in [4.78, 5) is 23.5. The Bertz CT molecular complexity index is 575. The number of esters is 1. The smallest absolute Gasteiger partial charge is 0.306 e. The SMILES string of the molecule is O=C(COC(=O)C[C@H]1C[C@@H]2CC[C@@H]1C2)Nc1ccccc1F. The van der Waals surface area contributed by atoms with E-state index in [1.807, 2.05) is 0 Å². The molecule has 0 aliphatic heterocycles.